The van der Waals surface area contributed by atoms with Gasteiger partial charge in [-0.3, -0.25) is 9.78 Å². The van der Waals surface area contributed by atoms with Crippen molar-refractivity contribution < 1.29 is 9.90 Å². The van der Waals surface area contributed by atoms with Gasteiger partial charge in [0.2, 0.25) is 0 Å². The zero-order chi connectivity index (χ0) is 13.1. The Labute approximate surface area is 113 Å². The van der Waals surface area contributed by atoms with E-state index in [1.807, 2.05) is 0 Å². The third kappa shape index (κ3) is 2.72. The van der Waals surface area contributed by atoms with Crippen LogP contribution in [0.25, 0.3) is 0 Å². The molecule has 0 aliphatic carbocycles. The number of pyridine rings is 1. The van der Waals surface area contributed by atoms with E-state index in [4.69, 9.17) is 23.2 Å². The molecule has 0 aliphatic rings. The second kappa shape index (κ2) is 5.25. The molecule has 0 radical (unpaired) electrons. The summed E-state index contributed by atoms with van der Waals surface area (Å²) in [5.41, 5.74) is 0.492. The molecule has 1 amide bonds. The number of hydrogen-bond acceptors (Lipinski definition) is 3. The summed E-state index contributed by atoms with van der Waals surface area (Å²) < 4.78 is 0. The van der Waals surface area contributed by atoms with Crippen molar-refractivity contribution in [1.29, 1.82) is 0 Å². The highest BCUT2D eigenvalue weighted by molar-refractivity contribution is 6.34. The average Bonchev–Trinajstić information content (AvgIpc) is 2.35. The molecule has 6 heteroatoms. The maximum atomic E-state index is 11.9. The first-order chi connectivity index (χ1) is 8.58. The van der Waals surface area contributed by atoms with Crippen molar-refractivity contribution in [1.82, 2.24) is 4.98 Å². The molecular formula is C12H8Cl2N2O2. The maximum absolute atomic E-state index is 11.9. The third-order valence-corrected chi connectivity index (χ3v) is 2.76. The number of carbonyl (C=O) groups excluding carboxylic acids is 1. The van der Waals surface area contributed by atoms with Gasteiger partial charge in [0.05, 0.1) is 16.3 Å². The van der Waals surface area contributed by atoms with E-state index in [1.165, 1.54) is 30.6 Å². The molecule has 2 N–H and O–H groups in total. The summed E-state index contributed by atoms with van der Waals surface area (Å²) in [7, 11) is 0. The standard InChI is InChI=1S/C12H8Cl2N2O2/c13-7-1-2-11(17)8(5-7)12(18)16-10-3-4-15-6-9(10)14/h1-6,17H,(H,15,16,18). The van der Waals surface area contributed by atoms with Crippen molar-refractivity contribution in [2.75, 3.05) is 5.32 Å². The van der Waals surface area contributed by atoms with Gasteiger partial charge in [0.15, 0.2) is 0 Å². The van der Waals surface area contributed by atoms with E-state index in [0.717, 1.165) is 0 Å². The number of nitrogens with one attached hydrogen (secondary N) is 1. The minimum absolute atomic E-state index is 0.0791. The molecule has 1 heterocycles. The molecule has 0 unspecified atom stereocenters. The van der Waals surface area contributed by atoms with Gasteiger partial charge in [-0.15, -0.1) is 0 Å². The fourth-order valence-electron chi connectivity index (χ4n) is 1.36. The van der Waals surface area contributed by atoms with Crippen molar-refractivity contribution in [2.45, 2.75) is 0 Å². The fourth-order valence-corrected chi connectivity index (χ4v) is 1.70. The van der Waals surface area contributed by atoms with E-state index in [9.17, 15) is 9.90 Å². The number of nitrogens with zero attached hydrogens (tertiary/aromatic N) is 1. The van der Waals surface area contributed by atoms with Crippen LogP contribution in [0, 0.1) is 0 Å². The van der Waals surface area contributed by atoms with E-state index in [1.54, 1.807) is 6.07 Å². The predicted molar refractivity (Wildman–Crippen MR) is 70.3 cm³/mol. The topological polar surface area (TPSA) is 62.2 Å². The van der Waals surface area contributed by atoms with Crippen LogP contribution in [0.1, 0.15) is 10.4 Å². The highest BCUT2D eigenvalue weighted by atomic mass is 35.5. The second-order valence-corrected chi connectivity index (χ2v) is 4.31. The van der Waals surface area contributed by atoms with Crippen molar-refractivity contribution in [3.05, 3.63) is 52.3 Å². The van der Waals surface area contributed by atoms with Crippen LogP contribution in [0.15, 0.2) is 36.7 Å². The molecule has 0 aliphatic heterocycles. The molecule has 1 aromatic carbocycles. The number of halogens is 2. The summed E-state index contributed by atoms with van der Waals surface area (Å²) in [6.45, 7) is 0. The number of carbonyl (C=O) groups is 1. The Bertz CT molecular complexity index is 602. The molecule has 0 saturated carbocycles. The summed E-state index contributed by atoms with van der Waals surface area (Å²) in [5.74, 6) is -0.648. The minimum Gasteiger partial charge on any atom is -0.507 e. The molecule has 2 rings (SSSR count). The van der Waals surface area contributed by atoms with Crippen LogP contribution >= 0.6 is 23.2 Å². The summed E-state index contributed by atoms with van der Waals surface area (Å²) in [4.78, 5) is 15.7. The van der Waals surface area contributed by atoms with E-state index in [-0.39, 0.29) is 11.3 Å². The monoisotopic (exact) mass is 282 g/mol. The van der Waals surface area contributed by atoms with Crippen LogP contribution in [0.2, 0.25) is 10.0 Å². The minimum atomic E-state index is -0.497. The van der Waals surface area contributed by atoms with E-state index >= 15 is 0 Å². The number of phenols is 1. The molecule has 1 aromatic heterocycles. The van der Waals surface area contributed by atoms with Gasteiger partial charge >= 0.3 is 0 Å². The molecule has 0 saturated heterocycles. The number of aromatic hydroxyl groups is 1. The number of benzene rings is 1. The molecule has 0 atom stereocenters. The number of anilines is 1. The van der Waals surface area contributed by atoms with Crippen molar-refractivity contribution in [3.8, 4) is 5.75 Å². The molecular weight excluding hydrogens is 275 g/mol. The summed E-state index contributed by atoms with van der Waals surface area (Å²) in [6.07, 6.45) is 2.91. The SMILES string of the molecule is O=C(Nc1ccncc1Cl)c1cc(Cl)ccc1O. The molecule has 0 fully saturated rings. The Morgan fingerprint density at radius 3 is 2.78 bits per heavy atom. The number of hydrogen-bond donors (Lipinski definition) is 2. The first kappa shape index (κ1) is 12.7. The normalized spacial score (nSPS) is 10.1. The lowest BCUT2D eigenvalue weighted by Gasteiger charge is -2.08. The molecule has 4 nitrogen and oxygen atoms in total. The van der Waals surface area contributed by atoms with Gasteiger partial charge in [-0.25, -0.2) is 0 Å². The molecule has 0 spiro atoms. The first-order valence-electron chi connectivity index (χ1n) is 4.97. The van der Waals surface area contributed by atoms with Gasteiger partial charge in [0.25, 0.3) is 5.91 Å². The zero-order valence-corrected chi connectivity index (χ0v) is 10.5. The van der Waals surface area contributed by atoms with E-state index in [2.05, 4.69) is 10.3 Å². The van der Waals surface area contributed by atoms with Crippen LogP contribution in [-0.4, -0.2) is 16.0 Å². The van der Waals surface area contributed by atoms with Gasteiger partial charge in [0.1, 0.15) is 5.75 Å². The van der Waals surface area contributed by atoms with E-state index < -0.39 is 5.91 Å². The quantitative estimate of drug-likeness (QED) is 0.888. The van der Waals surface area contributed by atoms with Crippen molar-refractivity contribution in [2.24, 2.45) is 0 Å². The maximum Gasteiger partial charge on any atom is 0.259 e. The Morgan fingerprint density at radius 2 is 2.06 bits per heavy atom. The van der Waals surface area contributed by atoms with Gasteiger partial charge in [-0.2, -0.15) is 0 Å². The average molecular weight is 283 g/mol. The first-order valence-corrected chi connectivity index (χ1v) is 5.73. The van der Waals surface area contributed by atoms with Crippen LogP contribution in [0.3, 0.4) is 0 Å². The molecule has 2 aromatic rings. The summed E-state index contributed by atoms with van der Waals surface area (Å²) >= 11 is 11.6. The summed E-state index contributed by atoms with van der Waals surface area (Å²) in [6, 6.07) is 5.78. The Hall–Kier alpha value is -1.78. The van der Waals surface area contributed by atoms with Crippen molar-refractivity contribution >= 4 is 34.8 Å². The smallest absolute Gasteiger partial charge is 0.259 e. The largest absolute Gasteiger partial charge is 0.507 e. The lowest BCUT2D eigenvalue weighted by atomic mass is 10.2. The van der Waals surface area contributed by atoms with Crippen LogP contribution in [0.5, 0.6) is 5.75 Å². The highest BCUT2D eigenvalue weighted by Crippen LogP contribution is 2.24. The number of phenolic OH excluding ortho intramolecular Hbond substituents is 1. The van der Waals surface area contributed by atoms with Crippen LogP contribution in [0.4, 0.5) is 5.69 Å². The number of rotatable bonds is 2. The Morgan fingerprint density at radius 1 is 1.28 bits per heavy atom. The van der Waals surface area contributed by atoms with Gasteiger partial charge in [0, 0.05) is 17.4 Å². The molecule has 92 valence electrons. The Balaban J connectivity index is 2.28. The zero-order valence-electron chi connectivity index (χ0n) is 9.02. The molecule has 18 heavy (non-hydrogen) atoms. The molecule has 0 bridgehead atoms. The second-order valence-electron chi connectivity index (χ2n) is 3.47. The Kier molecular flexibility index (Phi) is 3.69. The highest BCUT2D eigenvalue weighted by Gasteiger charge is 2.13. The summed E-state index contributed by atoms with van der Waals surface area (Å²) in [5, 5.41) is 12.8. The fraction of sp³-hybridized carbons (Fsp3) is 0. The van der Waals surface area contributed by atoms with Gasteiger partial charge in [-0.05, 0) is 24.3 Å². The number of amides is 1. The third-order valence-electron chi connectivity index (χ3n) is 2.22. The van der Waals surface area contributed by atoms with Gasteiger partial charge < -0.3 is 10.4 Å². The lowest BCUT2D eigenvalue weighted by molar-refractivity contribution is 0.102. The van der Waals surface area contributed by atoms with E-state index in [0.29, 0.717) is 15.7 Å². The van der Waals surface area contributed by atoms with Crippen molar-refractivity contribution in [3.63, 3.8) is 0 Å². The van der Waals surface area contributed by atoms with Crippen LogP contribution in [-0.2, 0) is 0 Å². The van der Waals surface area contributed by atoms with Crippen LogP contribution < -0.4 is 5.32 Å². The van der Waals surface area contributed by atoms with Gasteiger partial charge in [-0.1, -0.05) is 23.2 Å². The predicted octanol–water partition coefficient (Wildman–Crippen LogP) is 3.35. The lowest BCUT2D eigenvalue weighted by Crippen LogP contribution is -2.12. The number of aromatic nitrogens is 1.